The van der Waals surface area contributed by atoms with Crippen molar-refractivity contribution in [3.63, 3.8) is 0 Å². The first-order valence-corrected chi connectivity index (χ1v) is 7.28. The van der Waals surface area contributed by atoms with Gasteiger partial charge < -0.3 is 20.2 Å². The van der Waals surface area contributed by atoms with E-state index in [4.69, 9.17) is 14.9 Å². The maximum Gasteiger partial charge on any atom is 0.244 e. The van der Waals surface area contributed by atoms with Crippen LogP contribution >= 0.6 is 0 Å². The smallest absolute Gasteiger partial charge is 0.244 e. The van der Waals surface area contributed by atoms with Gasteiger partial charge in [0.1, 0.15) is 17.7 Å². The number of rotatable bonds is 5. The summed E-state index contributed by atoms with van der Waals surface area (Å²) in [6, 6.07) is 3.20. The lowest BCUT2D eigenvalue weighted by Gasteiger charge is -2.07. The molecule has 0 aliphatic heterocycles. The lowest BCUT2D eigenvalue weighted by Crippen LogP contribution is -2.25. The molecule has 0 saturated heterocycles. The fourth-order valence-corrected chi connectivity index (χ4v) is 2.04. The highest BCUT2D eigenvalue weighted by Gasteiger charge is 2.11. The van der Waals surface area contributed by atoms with Gasteiger partial charge in [0.2, 0.25) is 5.91 Å². The van der Waals surface area contributed by atoms with E-state index in [1.165, 1.54) is 25.5 Å². The van der Waals surface area contributed by atoms with Gasteiger partial charge in [-0.1, -0.05) is 13.8 Å². The third-order valence-electron chi connectivity index (χ3n) is 3.29. The molecule has 2 rings (SSSR count). The number of fused-ring (bicyclic) bond motifs is 1. The van der Waals surface area contributed by atoms with Crippen LogP contribution in [-0.4, -0.2) is 19.6 Å². The Bertz CT molecular complexity index is 806. The van der Waals surface area contributed by atoms with Crippen LogP contribution in [0.25, 0.3) is 17.0 Å². The number of carbonyl (C=O) groups is 1. The van der Waals surface area contributed by atoms with Crippen LogP contribution in [0, 0.1) is 5.92 Å². The molecule has 0 unspecified atom stereocenters. The number of anilines is 1. The molecule has 0 fully saturated rings. The van der Waals surface area contributed by atoms with Crippen molar-refractivity contribution in [1.29, 1.82) is 0 Å². The van der Waals surface area contributed by atoms with Crippen LogP contribution in [-0.2, 0) is 4.79 Å². The van der Waals surface area contributed by atoms with E-state index in [2.05, 4.69) is 5.32 Å². The predicted molar refractivity (Wildman–Crippen MR) is 90.3 cm³/mol. The molecule has 0 bridgehead atoms. The Morgan fingerprint density at radius 1 is 1.43 bits per heavy atom. The quantitative estimate of drug-likeness (QED) is 0.651. The van der Waals surface area contributed by atoms with Crippen LogP contribution in [0.4, 0.5) is 5.69 Å². The Balaban J connectivity index is 2.31. The SMILES string of the molecule is COc1ccc2c(=O)c(/C=C/C(=O)NCC(C)C)coc2c1N. The van der Waals surface area contributed by atoms with Crippen LogP contribution < -0.4 is 21.2 Å². The minimum absolute atomic E-state index is 0.256. The molecular formula is C17H20N2O4. The molecule has 0 aliphatic carbocycles. The Morgan fingerprint density at radius 2 is 2.17 bits per heavy atom. The van der Waals surface area contributed by atoms with Crippen LogP contribution in [0.3, 0.4) is 0 Å². The van der Waals surface area contributed by atoms with Gasteiger partial charge in [0, 0.05) is 12.6 Å². The van der Waals surface area contributed by atoms with Gasteiger partial charge in [-0.25, -0.2) is 0 Å². The Morgan fingerprint density at radius 3 is 2.83 bits per heavy atom. The van der Waals surface area contributed by atoms with Crippen molar-refractivity contribution in [1.82, 2.24) is 5.32 Å². The van der Waals surface area contributed by atoms with Crippen molar-refractivity contribution in [2.24, 2.45) is 5.92 Å². The molecule has 1 heterocycles. The van der Waals surface area contributed by atoms with Crippen molar-refractivity contribution < 1.29 is 13.9 Å². The third-order valence-corrected chi connectivity index (χ3v) is 3.29. The second-order valence-electron chi connectivity index (χ2n) is 5.55. The number of nitrogen functional groups attached to an aromatic ring is 1. The van der Waals surface area contributed by atoms with E-state index >= 15 is 0 Å². The van der Waals surface area contributed by atoms with Gasteiger partial charge in [-0.05, 0) is 24.1 Å². The third kappa shape index (κ3) is 3.71. The highest BCUT2D eigenvalue weighted by Crippen LogP contribution is 2.29. The molecule has 0 aliphatic rings. The number of carbonyl (C=O) groups excluding carboxylic acids is 1. The summed E-state index contributed by atoms with van der Waals surface area (Å²) in [7, 11) is 1.49. The first-order chi connectivity index (χ1) is 10.9. The molecule has 0 radical (unpaired) electrons. The van der Waals surface area contributed by atoms with E-state index in [1.54, 1.807) is 12.1 Å². The summed E-state index contributed by atoms with van der Waals surface area (Å²) in [4.78, 5) is 24.1. The van der Waals surface area contributed by atoms with Gasteiger partial charge in [0.15, 0.2) is 11.0 Å². The molecular weight excluding hydrogens is 296 g/mol. The number of hydrogen-bond donors (Lipinski definition) is 2. The average Bonchev–Trinajstić information content (AvgIpc) is 2.53. The van der Waals surface area contributed by atoms with E-state index in [0.717, 1.165) is 0 Å². The molecule has 1 amide bonds. The van der Waals surface area contributed by atoms with E-state index in [-0.39, 0.29) is 28.2 Å². The maximum absolute atomic E-state index is 12.4. The summed E-state index contributed by atoms with van der Waals surface area (Å²) in [5.41, 5.74) is 6.47. The minimum atomic E-state index is -0.257. The predicted octanol–water partition coefficient (Wildman–Crippen LogP) is 2.17. The summed E-state index contributed by atoms with van der Waals surface area (Å²) < 4.78 is 10.5. The normalized spacial score (nSPS) is 11.3. The molecule has 2 aromatic rings. The van der Waals surface area contributed by atoms with Crippen molar-refractivity contribution in [3.05, 3.63) is 40.3 Å². The molecule has 6 nitrogen and oxygen atoms in total. The van der Waals surface area contributed by atoms with Crippen LogP contribution in [0.15, 0.2) is 33.7 Å². The first-order valence-electron chi connectivity index (χ1n) is 7.28. The van der Waals surface area contributed by atoms with Crippen LogP contribution in [0.5, 0.6) is 5.75 Å². The molecule has 0 spiro atoms. The Hall–Kier alpha value is -2.76. The van der Waals surface area contributed by atoms with Gasteiger partial charge in [0.25, 0.3) is 0 Å². The monoisotopic (exact) mass is 316 g/mol. The number of ether oxygens (including phenoxy) is 1. The van der Waals surface area contributed by atoms with Gasteiger partial charge in [-0.2, -0.15) is 0 Å². The van der Waals surface area contributed by atoms with E-state index in [0.29, 0.717) is 23.6 Å². The zero-order valence-corrected chi connectivity index (χ0v) is 13.4. The lowest BCUT2D eigenvalue weighted by molar-refractivity contribution is -0.116. The standard InChI is InChI=1S/C17H20N2O4/c1-10(2)8-19-14(20)7-4-11-9-23-17-12(16(11)21)5-6-13(22-3)15(17)18/h4-7,9-10H,8,18H2,1-3H3,(H,19,20)/b7-4+. The number of amides is 1. The summed E-state index contributed by atoms with van der Waals surface area (Å²) in [6.07, 6.45) is 4.03. The number of nitrogens with two attached hydrogens (primary N) is 1. The number of benzene rings is 1. The van der Waals surface area contributed by atoms with Gasteiger partial charge in [0.05, 0.1) is 18.1 Å². The summed E-state index contributed by atoms with van der Waals surface area (Å²) in [5, 5.41) is 3.08. The zero-order chi connectivity index (χ0) is 17.0. The lowest BCUT2D eigenvalue weighted by atomic mass is 10.1. The van der Waals surface area contributed by atoms with Crippen molar-refractivity contribution in [3.8, 4) is 5.75 Å². The van der Waals surface area contributed by atoms with Crippen molar-refractivity contribution >= 4 is 28.6 Å². The van der Waals surface area contributed by atoms with E-state index in [9.17, 15) is 9.59 Å². The van der Waals surface area contributed by atoms with Gasteiger partial charge in [-0.3, -0.25) is 9.59 Å². The molecule has 6 heteroatoms. The zero-order valence-electron chi connectivity index (χ0n) is 13.4. The van der Waals surface area contributed by atoms with Crippen molar-refractivity contribution in [2.45, 2.75) is 13.8 Å². The molecule has 23 heavy (non-hydrogen) atoms. The number of hydrogen-bond acceptors (Lipinski definition) is 5. The van der Waals surface area contributed by atoms with E-state index in [1.807, 2.05) is 13.8 Å². The Labute approximate surface area is 133 Å². The summed E-state index contributed by atoms with van der Waals surface area (Å²) in [5.74, 6) is 0.542. The van der Waals surface area contributed by atoms with Crippen LogP contribution in [0.1, 0.15) is 19.4 Å². The summed E-state index contributed by atoms with van der Waals surface area (Å²) >= 11 is 0. The van der Waals surface area contributed by atoms with Gasteiger partial charge >= 0.3 is 0 Å². The molecule has 1 aromatic carbocycles. The molecule has 0 atom stereocenters. The van der Waals surface area contributed by atoms with Crippen molar-refractivity contribution in [2.75, 3.05) is 19.4 Å². The van der Waals surface area contributed by atoms with Gasteiger partial charge in [-0.15, -0.1) is 0 Å². The van der Waals surface area contributed by atoms with E-state index < -0.39 is 0 Å². The largest absolute Gasteiger partial charge is 0.494 e. The molecule has 122 valence electrons. The van der Waals surface area contributed by atoms with Crippen LogP contribution in [0.2, 0.25) is 0 Å². The second-order valence-corrected chi connectivity index (χ2v) is 5.55. The number of nitrogens with one attached hydrogen (secondary N) is 1. The molecule has 0 saturated carbocycles. The number of methoxy groups -OCH3 is 1. The highest BCUT2D eigenvalue weighted by molar-refractivity contribution is 5.94. The average molecular weight is 316 g/mol. The molecule has 3 N–H and O–H groups in total. The fourth-order valence-electron chi connectivity index (χ4n) is 2.04. The highest BCUT2D eigenvalue weighted by atomic mass is 16.5. The minimum Gasteiger partial charge on any atom is -0.494 e. The Kier molecular flexibility index (Phi) is 5.05. The molecule has 1 aromatic heterocycles. The maximum atomic E-state index is 12.4. The topological polar surface area (TPSA) is 94.6 Å². The summed E-state index contributed by atoms with van der Waals surface area (Å²) in [6.45, 7) is 4.58. The first kappa shape index (κ1) is 16.6. The second kappa shape index (κ2) is 7.00. The fraction of sp³-hybridized carbons (Fsp3) is 0.294.